The van der Waals surface area contributed by atoms with Crippen molar-refractivity contribution in [3.8, 4) is 0 Å². The molecule has 1 aliphatic rings. The van der Waals surface area contributed by atoms with Crippen molar-refractivity contribution in [3.05, 3.63) is 45.0 Å². The van der Waals surface area contributed by atoms with Gasteiger partial charge in [0.1, 0.15) is 12.2 Å². The topological polar surface area (TPSA) is 134 Å². The lowest BCUT2D eigenvalue weighted by Gasteiger charge is -2.16. The number of likely N-dealkylation sites (N-methyl/N-ethyl adjacent to an activating group) is 1. The van der Waals surface area contributed by atoms with Crippen LogP contribution in [0.2, 0.25) is 5.28 Å². The van der Waals surface area contributed by atoms with E-state index in [2.05, 4.69) is 48.2 Å². The first-order valence-corrected chi connectivity index (χ1v) is 10.5. The number of halogens is 2. The Hall–Kier alpha value is -2.06. The summed E-state index contributed by atoms with van der Waals surface area (Å²) in [7, 11) is 1.42. The second kappa shape index (κ2) is 8.59. The number of carbonyl (C=O) groups excluding carboxylic acids is 1. The van der Waals surface area contributed by atoms with Gasteiger partial charge >= 0.3 is 0 Å². The summed E-state index contributed by atoms with van der Waals surface area (Å²) < 4.78 is 8.14. The number of imidazole rings is 1. The zero-order valence-corrected chi connectivity index (χ0v) is 18.6. The molecule has 10 nitrogen and oxygen atoms in total. The van der Waals surface area contributed by atoms with Crippen LogP contribution < -0.4 is 10.6 Å². The van der Waals surface area contributed by atoms with Crippen LogP contribution in [0.3, 0.4) is 0 Å². The molecular weight excluding hydrogens is 527 g/mol. The van der Waals surface area contributed by atoms with E-state index in [1.807, 2.05) is 24.3 Å². The molecular formula is C18H18ClIN6O4. The molecule has 0 bridgehead atoms. The Labute approximate surface area is 189 Å². The van der Waals surface area contributed by atoms with Crippen LogP contribution in [-0.2, 0) is 16.1 Å². The summed E-state index contributed by atoms with van der Waals surface area (Å²) in [5.41, 5.74) is 1.77. The van der Waals surface area contributed by atoms with E-state index in [4.69, 9.17) is 16.3 Å². The van der Waals surface area contributed by atoms with E-state index in [0.717, 1.165) is 9.13 Å². The van der Waals surface area contributed by atoms with E-state index in [1.165, 1.54) is 17.9 Å². The largest absolute Gasteiger partial charge is 0.387 e. The summed E-state index contributed by atoms with van der Waals surface area (Å²) in [4.78, 5) is 24.7. The number of ether oxygens (including phenoxy) is 1. The zero-order chi connectivity index (χ0) is 21.4. The van der Waals surface area contributed by atoms with Crippen molar-refractivity contribution in [1.29, 1.82) is 0 Å². The molecule has 1 aliphatic heterocycles. The number of hydrogen-bond acceptors (Lipinski definition) is 8. The van der Waals surface area contributed by atoms with E-state index in [-0.39, 0.29) is 5.28 Å². The van der Waals surface area contributed by atoms with Crippen LogP contribution in [0, 0.1) is 3.57 Å². The van der Waals surface area contributed by atoms with Gasteiger partial charge in [-0.1, -0.05) is 12.1 Å². The number of carbonyl (C=O) groups is 1. The molecule has 0 aliphatic carbocycles. The normalized spacial score (nSPS) is 23.6. The van der Waals surface area contributed by atoms with Gasteiger partial charge in [-0.2, -0.15) is 9.97 Å². The SMILES string of the molecule is CNC(=O)[C@H]1O[C@@H](n2cnc3c(NCc4cccc(I)c4)nc(Cl)nc32)[C@@H](O)[C@H]1O. The molecule has 3 heterocycles. The molecule has 1 fully saturated rings. The molecule has 0 spiro atoms. The quantitative estimate of drug-likeness (QED) is 0.277. The van der Waals surface area contributed by atoms with Gasteiger partial charge in [0.05, 0.1) is 6.33 Å². The maximum atomic E-state index is 11.9. The first-order valence-electron chi connectivity index (χ1n) is 9.00. The first kappa shape index (κ1) is 21.2. The fraction of sp³-hybridized carbons (Fsp3) is 0.333. The van der Waals surface area contributed by atoms with Gasteiger partial charge < -0.3 is 25.6 Å². The van der Waals surface area contributed by atoms with Gasteiger partial charge in [0, 0.05) is 17.2 Å². The third kappa shape index (κ3) is 3.95. The van der Waals surface area contributed by atoms with Gasteiger partial charge in [0.2, 0.25) is 5.28 Å². The van der Waals surface area contributed by atoms with Crippen molar-refractivity contribution < 1.29 is 19.7 Å². The standard InChI is InChI=1S/C18H18ClIN6O4/c1-21-16(29)13-11(27)12(28)17(30-13)26-7-23-10-14(24-18(19)25-15(10)26)22-6-8-3-2-4-9(20)5-8/h2-5,7,11-13,17,27-28H,6H2,1H3,(H,21,29)(H,22,24,25)/t11-,12+,13+,17-/m1/s1. The Bertz CT molecular complexity index is 1100. The van der Waals surface area contributed by atoms with E-state index in [0.29, 0.717) is 23.5 Å². The fourth-order valence-corrected chi connectivity index (χ4v) is 4.05. The minimum absolute atomic E-state index is 0.0229. The molecule has 1 aromatic carbocycles. The zero-order valence-electron chi connectivity index (χ0n) is 15.7. The number of aromatic nitrogens is 4. The summed E-state index contributed by atoms with van der Waals surface area (Å²) in [6, 6.07) is 7.98. The summed E-state index contributed by atoms with van der Waals surface area (Å²) >= 11 is 8.35. The molecule has 2 aromatic heterocycles. The van der Waals surface area contributed by atoms with E-state index < -0.39 is 30.4 Å². The van der Waals surface area contributed by atoms with Crippen LogP contribution >= 0.6 is 34.2 Å². The maximum Gasteiger partial charge on any atom is 0.251 e. The number of anilines is 1. The van der Waals surface area contributed by atoms with Crippen LogP contribution in [0.1, 0.15) is 11.8 Å². The molecule has 4 N–H and O–H groups in total. The summed E-state index contributed by atoms with van der Waals surface area (Å²) in [5.74, 6) is -0.125. The second-order valence-corrected chi connectivity index (χ2v) is 8.28. The Morgan fingerprint density at radius 1 is 1.33 bits per heavy atom. The van der Waals surface area contributed by atoms with Gasteiger partial charge in [-0.3, -0.25) is 9.36 Å². The maximum absolute atomic E-state index is 11.9. The molecule has 4 rings (SSSR count). The van der Waals surface area contributed by atoms with Gasteiger partial charge in [0.25, 0.3) is 5.91 Å². The molecule has 0 saturated carbocycles. The van der Waals surface area contributed by atoms with Crippen LogP contribution in [0.4, 0.5) is 5.82 Å². The van der Waals surface area contributed by atoms with Gasteiger partial charge in [-0.25, -0.2) is 4.98 Å². The smallest absolute Gasteiger partial charge is 0.251 e. The van der Waals surface area contributed by atoms with Gasteiger partial charge in [0.15, 0.2) is 29.3 Å². The number of benzene rings is 1. The average molecular weight is 545 g/mol. The predicted molar refractivity (Wildman–Crippen MR) is 117 cm³/mol. The number of aliphatic hydroxyl groups is 2. The monoisotopic (exact) mass is 544 g/mol. The number of nitrogens with zero attached hydrogens (tertiary/aromatic N) is 4. The molecule has 0 unspecified atom stereocenters. The highest BCUT2D eigenvalue weighted by molar-refractivity contribution is 14.1. The number of aliphatic hydroxyl groups excluding tert-OH is 2. The molecule has 158 valence electrons. The van der Waals surface area contributed by atoms with E-state index >= 15 is 0 Å². The number of amides is 1. The van der Waals surface area contributed by atoms with Crippen LogP contribution in [0.5, 0.6) is 0 Å². The van der Waals surface area contributed by atoms with Crippen molar-refractivity contribution in [1.82, 2.24) is 24.8 Å². The Balaban J connectivity index is 1.64. The Kier molecular flexibility index (Phi) is 6.06. The van der Waals surface area contributed by atoms with Crippen LogP contribution in [0.15, 0.2) is 30.6 Å². The number of nitrogens with one attached hydrogen (secondary N) is 2. The third-order valence-electron chi connectivity index (χ3n) is 4.76. The summed E-state index contributed by atoms with van der Waals surface area (Å²) in [6.45, 7) is 0.492. The molecule has 1 amide bonds. The summed E-state index contributed by atoms with van der Waals surface area (Å²) in [5, 5.41) is 26.2. The number of fused-ring (bicyclic) bond motifs is 1. The minimum Gasteiger partial charge on any atom is -0.387 e. The molecule has 4 atom stereocenters. The van der Waals surface area contributed by atoms with Crippen molar-refractivity contribution in [2.45, 2.75) is 31.1 Å². The minimum atomic E-state index is -1.40. The van der Waals surface area contributed by atoms with Crippen molar-refractivity contribution in [3.63, 3.8) is 0 Å². The van der Waals surface area contributed by atoms with E-state index in [9.17, 15) is 15.0 Å². The highest BCUT2D eigenvalue weighted by atomic mass is 127. The van der Waals surface area contributed by atoms with Crippen LogP contribution in [0.25, 0.3) is 11.2 Å². The first-order chi connectivity index (χ1) is 14.4. The lowest BCUT2D eigenvalue weighted by Crippen LogP contribution is -2.41. The second-order valence-electron chi connectivity index (χ2n) is 6.69. The highest BCUT2D eigenvalue weighted by Gasteiger charge is 2.47. The van der Waals surface area contributed by atoms with Gasteiger partial charge in [-0.05, 0) is 51.9 Å². The number of hydrogen-bond donors (Lipinski definition) is 4. The average Bonchev–Trinajstić information content (AvgIpc) is 3.27. The molecule has 3 aromatic rings. The summed E-state index contributed by atoms with van der Waals surface area (Å²) in [6.07, 6.45) is -3.65. The lowest BCUT2D eigenvalue weighted by molar-refractivity contribution is -0.137. The Morgan fingerprint density at radius 3 is 2.87 bits per heavy atom. The lowest BCUT2D eigenvalue weighted by atomic mass is 10.1. The van der Waals surface area contributed by atoms with Crippen molar-refractivity contribution >= 4 is 57.1 Å². The van der Waals surface area contributed by atoms with E-state index in [1.54, 1.807) is 0 Å². The van der Waals surface area contributed by atoms with Crippen molar-refractivity contribution in [2.24, 2.45) is 0 Å². The predicted octanol–water partition coefficient (Wildman–Crippen LogP) is 1.06. The van der Waals surface area contributed by atoms with Gasteiger partial charge in [-0.15, -0.1) is 0 Å². The Morgan fingerprint density at radius 2 is 2.13 bits per heavy atom. The number of rotatable bonds is 5. The fourth-order valence-electron chi connectivity index (χ4n) is 3.28. The molecule has 1 saturated heterocycles. The molecule has 0 radical (unpaired) electrons. The van der Waals surface area contributed by atoms with Crippen molar-refractivity contribution in [2.75, 3.05) is 12.4 Å². The molecule has 12 heteroatoms. The highest BCUT2D eigenvalue weighted by Crippen LogP contribution is 2.33. The van der Waals surface area contributed by atoms with Crippen LogP contribution in [-0.4, -0.2) is 61.0 Å². The molecule has 30 heavy (non-hydrogen) atoms. The third-order valence-corrected chi connectivity index (χ3v) is 5.60.